The van der Waals surface area contributed by atoms with Gasteiger partial charge in [0.15, 0.2) is 0 Å². The van der Waals surface area contributed by atoms with Crippen LogP contribution < -0.4 is 4.72 Å². The molecule has 1 fully saturated rings. The van der Waals surface area contributed by atoms with Crippen LogP contribution in [0.3, 0.4) is 0 Å². The fourth-order valence-corrected chi connectivity index (χ4v) is 3.94. The number of nitriles is 1. The lowest BCUT2D eigenvalue weighted by Crippen LogP contribution is -2.37. The van der Waals surface area contributed by atoms with E-state index in [0.717, 1.165) is 12.8 Å². The molecular weight excluding hydrogens is 260 g/mol. The van der Waals surface area contributed by atoms with Crippen molar-refractivity contribution < 1.29 is 8.42 Å². The summed E-state index contributed by atoms with van der Waals surface area (Å²) in [6, 6.07) is 8.06. The van der Waals surface area contributed by atoms with Gasteiger partial charge in [-0.15, -0.1) is 0 Å². The zero-order valence-corrected chi connectivity index (χ0v) is 11.9. The highest BCUT2D eigenvalue weighted by Crippen LogP contribution is 2.32. The normalized spacial score (nSPS) is 27.1. The molecule has 1 aromatic carbocycles. The summed E-state index contributed by atoms with van der Waals surface area (Å²) in [6.07, 6.45) is 1.92. The maximum Gasteiger partial charge on any atom is 0.240 e. The SMILES string of the molecule is CC1CCC(NS(=O)(=O)c2cccc(C#N)c2)C1C. The number of benzene rings is 1. The van der Waals surface area contributed by atoms with Crippen molar-refractivity contribution in [3.63, 3.8) is 0 Å². The Hall–Kier alpha value is -1.38. The number of nitrogens with zero attached hydrogens (tertiary/aromatic N) is 1. The Labute approximate surface area is 114 Å². The summed E-state index contributed by atoms with van der Waals surface area (Å²) in [5, 5.41) is 8.82. The zero-order valence-electron chi connectivity index (χ0n) is 11.1. The molecule has 1 aliphatic rings. The van der Waals surface area contributed by atoms with Gasteiger partial charge in [0.25, 0.3) is 0 Å². The number of hydrogen-bond donors (Lipinski definition) is 1. The minimum Gasteiger partial charge on any atom is -0.208 e. The van der Waals surface area contributed by atoms with Crippen molar-refractivity contribution in [1.82, 2.24) is 4.72 Å². The molecule has 0 heterocycles. The van der Waals surface area contributed by atoms with Crippen LogP contribution in [-0.4, -0.2) is 14.5 Å². The van der Waals surface area contributed by atoms with Crippen LogP contribution in [-0.2, 0) is 10.0 Å². The maximum absolute atomic E-state index is 12.3. The van der Waals surface area contributed by atoms with Crippen molar-refractivity contribution >= 4 is 10.0 Å². The lowest BCUT2D eigenvalue weighted by atomic mass is 9.98. The van der Waals surface area contributed by atoms with Crippen LogP contribution in [0.25, 0.3) is 0 Å². The Morgan fingerprint density at radius 1 is 1.32 bits per heavy atom. The Balaban J connectivity index is 2.21. The van der Waals surface area contributed by atoms with Gasteiger partial charge in [0, 0.05) is 6.04 Å². The summed E-state index contributed by atoms with van der Waals surface area (Å²) in [5.41, 5.74) is 0.357. The molecule has 3 atom stereocenters. The molecule has 0 bridgehead atoms. The molecule has 1 aromatic rings. The van der Waals surface area contributed by atoms with E-state index in [4.69, 9.17) is 5.26 Å². The van der Waals surface area contributed by atoms with E-state index >= 15 is 0 Å². The van der Waals surface area contributed by atoms with E-state index in [2.05, 4.69) is 18.6 Å². The third kappa shape index (κ3) is 2.96. The predicted octanol–water partition coefficient (Wildman–Crippen LogP) is 2.27. The molecule has 0 aliphatic heterocycles. The van der Waals surface area contributed by atoms with Crippen molar-refractivity contribution in [3.05, 3.63) is 29.8 Å². The van der Waals surface area contributed by atoms with Crippen molar-refractivity contribution in [2.45, 2.75) is 37.6 Å². The van der Waals surface area contributed by atoms with Gasteiger partial charge in [0.2, 0.25) is 10.0 Å². The highest BCUT2D eigenvalue weighted by molar-refractivity contribution is 7.89. The van der Waals surface area contributed by atoms with Crippen LogP contribution in [0.4, 0.5) is 0 Å². The first-order valence-electron chi connectivity index (χ1n) is 6.46. The highest BCUT2D eigenvalue weighted by Gasteiger charge is 2.33. The Morgan fingerprint density at radius 3 is 2.63 bits per heavy atom. The van der Waals surface area contributed by atoms with Crippen molar-refractivity contribution in [2.75, 3.05) is 0 Å². The van der Waals surface area contributed by atoms with Crippen molar-refractivity contribution in [2.24, 2.45) is 11.8 Å². The molecule has 102 valence electrons. The van der Waals surface area contributed by atoms with Gasteiger partial charge >= 0.3 is 0 Å². The van der Waals surface area contributed by atoms with Crippen LogP contribution >= 0.6 is 0 Å². The second kappa shape index (κ2) is 5.32. The summed E-state index contributed by atoms with van der Waals surface area (Å²) in [6.45, 7) is 4.23. The lowest BCUT2D eigenvalue weighted by Gasteiger charge is -2.19. The van der Waals surface area contributed by atoms with Gasteiger partial charge in [-0.05, 0) is 42.9 Å². The Morgan fingerprint density at radius 2 is 2.05 bits per heavy atom. The Bertz CT molecular complexity index is 604. The van der Waals surface area contributed by atoms with Crippen molar-refractivity contribution in [1.29, 1.82) is 5.26 Å². The monoisotopic (exact) mass is 278 g/mol. The molecule has 0 spiro atoms. The fraction of sp³-hybridized carbons (Fsp3) is 0.500. The zero-order chi connectivity index (χ0) is 14.0. The second-order valence-corrected chi connectivity index (χ2v) is 7.00. The van der Waals surface area contributed by atoms with E-state index in [0.29, 0.717) is 17.4 Å². The number of rotatable bonds is 3. The second-order valence-electron chi connectivity index (χ2n) is 5.28. The molecule has 3 unspecified atom stereocenters. The molecule has 0 radical (unpaired) electrons. The summed E-state index contributed by atoms with van der Waals surface area (Å²) in [5.74, 6) is 0.882. The third-order valence-corrected chi connectivity index (χ3v) is 5.53. The van der Waals surface area contributed by atoms with Gasteiger partial charge in [-0.3, -0.25) is 0 Å². The van der Waals surface area contributed by atoms with Crippen LogP contribution in [0.1, 0.15) is 32.3 Å². The minimum absolute atomic E-state index is 0.00857. The van der Waals surface area contributed by atoms with E-state index in [-0.39, 0.29) is 10.9 Å². The lowest BCUT2D eigenvalue weighted by molar-refractivity contribution is 0.402. The number of nitrogens with one attached hydrogen (secondary N) is 1. The molecule has 19 heavy (non-hydrogen) atoms. The number of sulfonamides is 1. The van der Waals surface area contributed by atoms with E-state index in [1.807, 2.05) is 6.07 Å². The molecule has 0 saturated heterocycles. The highest BCUT2D eigenvalue weighted by atomic mass is 32.2. The van der Waals surface area contributed by atoms with Gasteiger partial charge in [-0.1, -0.05) is 19.9 Å². The molecule has 1 saturated carbocycles. The Kier molecular flexibility index (Phi) is 3.93. The predicted molar refractivity (Wildman–Crippen MR) is 72.8 cm³/mol. The average molecular weight is 278 g/mol. The fourth-order valence-electron chi connectivity index (χ4n) is 2.53. The smallest absolute Gasteiger partial charge is 0.208 e. The molecular formula is C14H18N2O2S. The van der Waals surface area contributed by atoms with Crippen LogP contribution in [0.2, 0.25) is 0 Å². The topological polar surface area (TPSA) is 70.0 Å². The van der Waals surface area contributed by atoms with Gasteiger partial charge in [0.05, 0.1) is 16.5 Å². The molecule has 5 heteroatoms. The molecule has 0 aromatic heterocycles. The number of hydrogen-bond acceptors (Lipinski definition) is 3. The van der Waals surface area contributed by atoms with E-state index in [1.54, 1.807) is 12.1 Å². The van der Waals surface area contributed by atoms with Crippen molar-refractivity contribution in [3.8, 4) is 6.07 Å². The summed E-state index contributed by atoms with van der Waals surface area (Å²) >= 11 is 0. The van der Waals surface area contributed by atoms with Gasteiger partial charge in [0.1, 0.15) is 0 Å². The first-order valence-corrected chi connectivity index (χ1v) is 7.95. The standard InChI is InChI=1S/C14H18N2O2S/c1-10-6-7-14(11(10)2)16-19(17,18)13-5-3-4-12(8-13)9-15/h3-5,8,10-11,14,16H,6-7H2,1-2H3. The van der Waals surface area contributed by atoms with E-state index < -0.39 is 10.0 Å². The van der Waals surface area contributed by atoms with Crippen LogP contribution in [0, 0.1) is 23.2 Å². The summed E-state index contributed by atoms with van der Waals surface area (Å²) in [4.78, 5) is 0.165. The molecule has 2 rings (SSSR count). The van der Waals surface area contributed by atoms with E-state index in [9.17, 15) is 8.42 Å². The molecule has 4 nitrogen and oxygen atoms in total. The first-order chi connectivity index (χ1) is 8.94. The largest absolute Gasteiger partial charge is 0.240 e. The van der Waals surface area contributed by atoms with Crippen LogP contribution in [0.15, 0.2) is 29.2 Å². The van der Waals surface area contributed by atoms with Crippen LogP contribution in [0.5, 0.6) is 0 Å². The molecule has 1 aliphatic carbocycles. The molecule has 1 N–H and O–H groups in total. The third-order valence-electron chi connectivity index (χ3n) is 4.05. The average Bonchev–Trinajstić information content (AvgIpc) is 2.70. The first kappa shape index (κ1) is 14.0. The van der Waals surface area contributed by atoms with E-state index in [1.165, 1.54) is 12.1 Å². The van der Waals surface area contributed by atoms with Gasteiger partial charge in [-0.25, -0.2) is 13.1 Å². The van der Waals surface area contributed by atoms with Gasteiger partial charge in [-0.2, -0.15) is 5.26 Å². The summed E-state index contributed by atoms with van der Waals surface area (Å²) < 4.78 is 27.3. The summed E-state index contributed by atoms with van der Waals surface area (Å²) in [7, 11) is -3.53. The quantitative estimate of drug-likeness (QED) is 0.922. The maximum atomic E-state index is 12.3. The molecule has 0 amide bonds. The van der Waals surface area contributed by atoms with Gasteiger partial charge < -0.3 is 0 Å². The minimum atomic E-state index is -3.53.